The summed E-state index contributed by atoms with van der Waals surface area (Å²) in [7, 11) is 1.47. The Balaban J connectivity index is 2.60. The highest BCUT2D eigenvalue weighted by Gasteiger charge is 2.06. The van der Waals surface area contributed by atoms with Gasteiger partial charge in [0.05, 0.1) is 19.0 Å². The van der Waals surface area contributed by atoms with Crippen molar-refractivity contribution in [1.29, 1.82) is 5.26 Å². The van der Waals surface area contributed by atoms with Crippen molar-refractivity contribution < 1.29 is 4.74 Å². The summed E-state index contributed by atoms with van der Waals surface area (Å²) < 4.78 is 6.02. The van der Waals surface area contributed by atoms with Crippen molar-refractivity contribution >= 4 is 0 Å². The molecule has 7 heteroatoms. The van der Waals surface area contributed by atoms with Crippen molar-refractivity contribution in [2.24, 2.45) is 0 Å². The van der Waals surface area contributed by atoms with Gasteiger partial charge in [0.2, 0.25) is 5.88 Å². The lowest BCUT2D eigenvalue weighted by molar-refractivity contribution is 0.398. The maximum atomic E-state index is 11.6. The molecule has 2 rings (SSSR count). The average molecular weight is 244 g/mol. The van der Waals surface area contributed by atoms with Crippen LogP contribution in [-0.2, 0) is 0 Å². The summed E-state index contributed by atoms with van der Waals surface area (Å²) in [4.78, 5) is 28.8. The quantitative estimate of drug-likeness (QED) is 0.788. The maximum Gasteiger partial charge on any atom is 0.333 e. The Hall–Kier alpha value is -2.88. The third kappa shape index (κ3) is 1.99. The zero-order valence-electron chi connectivity index (χ0n) is 9.38. The first-order chi connectivity index (χ1) is 8.65. The molecule has 0 bridgehead atoms. The van der Waals surface area contributed by atoms with Crippen LogP contribution in [0.2, 0.25) is 0 Å². The minimum atomic E-state index is -0.708. The van der Waals surface area contributed by atoms with E-state index in [1.807, 2.05) is 0 Å². The Bertz CT molecular complexity index is 722. The second-order valence-electron chi connectivity index (χ2n) is 3.34. The normalized spacial score (nSPS) is 9.78. The summed E-state index contributed by atoms with van der Waals surface area (Å²) in [6, 6.07) is 4.86. The highest BCUT2D eigenvalue weighted by atomic mass is 16.5. The van der Waals surface area contributed by atoms with Crippen LogP contribution in [0.15, 0.2) is 34.1 Å². The van der Waals surface area contributed by atoms with Crippen LogP contribution in [0.25, 0.3) is 5.69 Å². The lowest BCUT2D eigenvalue weighted by atomic mass is 10.3. The van der Waals surface area contributed by atoms with E-state index in [1.165, 1.54) is 19.5 Å². The van der Waals surface area contributed by atoms with Crippen LogP contribution in [0, 0.1) is 11.3 Å². The molecule has 0 spiro atoms. The molecule has 0 aliphatic heterocycles. The predicted octanol–water partition coefficient (Wildman–Crippen LogP) is -0.199. The number of H-pyrrole nitrogens is 1. The number of aromatic nitrogens is 3. The molecule has 7 nitrogen and oxygen atoms in total. The summed E-state index contributed by atoms with van der Waals surface area (Å²) in [5, 5.41) is 8.74. The van der Waals surface area contributed by atoms with Crippen LogP contribution >= 0.6 is 0 Å². The molecule has 0 amide bonds. The summed E-state index contributed by atoms with van der Waals surface area (Å²) in [6.07, 6.45) is 2.57. The van der Waals surface area contributed by atoms with Gasteiger partial charge in [-0.25, -0.2) is 9.78 Å². The number of rotatable bonds is 2. The number of nitriles is 1. The van der Waals surface area contributed by atoms with Crippen LogP contribution < -0.4 is 16.0 Å². The molecule has 1 N–H and O–H groups in total. The SMILES string of the molecule is COc1ccc(-n2cc(C#N)c(=O)[nH]c2=O)cn1. The van der Waals surface area contributed by atoms with Crippen LogP contribution in [0.4, 0.5) is 0 Å². The van der Waals surface area contributed by atoms with Gasteiger partial charge in [0, 0.05) is 12.3 Å². The van der Waals surface area contributed by atoms with Crippen molar-refractivity contribution in [3.05, 3.63) is 50.9 Å². The average Bonchev–Trinajstić information content (AvgIpc) is 2.39. The minimum Gasteiger partial charge on any atom is -0.481 e. The van der Waals surface area contributed by atoms with E-state index in [9.17, 15) is 9.59 Å². The van der Waals surface area contributed by atoms with E-state index in [2.05, 4.69) is 9.97 Å². The van der Waals surface area contributed by atoms with Gasteiger partial charge >= 0.3 is 5.69 Å². The van der Waals surface area contributed by atoms with Crippen molar-refractivity contribution in [1.82, 2.24) is 14.5 Å². The van der Waals surface area contributed by atoms with Crippen LogP contribution in [-0.4, -0.2) is 21.6 Å². The molecule has 0 aliphatic rings. The molecule has 0 saturated heterocycles. The highest BCUT2D eigenvalue weighted by Crippen LogP contribution is 2.09. The van der Waals surface area contributed by atoms with E-state index in [4.69, 9.17) is 10.00 Å². The van der Waals surface area contributed by atoms with Gasteiger partial charge in [-0.3, -0.25) is 14.3 Å². The Morgan fingerprint density at radius 2 is 2.22 bits per heavy atom. The third-order valence-electron chi connectivity index (χ3n) is 2.27. The summed E-state index contributed by atoms with van der Waals surface area (Å²) in [5.74, 6) is 0.400. The van der Waals surface area contributed by atoms with Gasteiger partial charge in [-0.2, -0.15) is 5.26 Å². The second kappa shape index (κ2) is 4.55. The van der Waals surface area contributed by atoms with E-state index >= 15 is 0 Å². The Labute approximate surface area is 101 Å². The first-order valence-corrected chi connectivity index (χ1v) is 4.92. The van der Waals surface area contributed by atoms with Crippen LogP contribution in [0.5, 0.6) is 5.88 Å². The monoisotopic (exact) mass is 244 g/mol. The molecule has 0 atom stereocenters. The van der Waals surface area contributed by atoms with Gasteiger partial charge in [-0.05, 0) is 6.07 Å². The molecule has 0 fully saturated rings. The predicted molar refractivity (Wildman–Crippen MR) is 61.7 cm³/mol. The number of hydrogen-bond acceptors (Lipinski definition) is 5. The highest BCUT2D eigenvalue weighted by molar-refractivity contribution is 5.33. The van der Waals surface area contributed by atoms with Crippen molar-refractivity contribution in [2.45, 2.75) is 0 Å². The van der Waals surface area contributed by atoms with Crippen LogP contribution in [0.1, 0.15) is 5.56 Å². The topological polar surface area (TPSA) is 101 Å². The van der Waals surface area contributed by atoms with Crippen molar-refractivity contribution in [3.63, 3.8) is 0 Å². The van der Waals surface area contributed by atoms with Gasteiger partial charge < -0.3 is 4.74 Å². The molecule has 90 valence electrons. The fourth-order valence-electron chi connectivity index (χ4n) is 1.38. The van der Waals surface area contributed by atoms with Crippen LogP contribution in [0.3, 0.4) is 0 Å². The minimum absolute atomic E-state index is 0.148. The van der Waals surface area contributed by atoms with E-state index in [1.54, 1.807) is 18.2 Å². The standard InChI is InChI=1S/C11H8N4O3/c1-18-9-3-2-8(5-13-9)15-6-7(4-12)10(16)14-11(15)17/h2-3,5-6H,1H3,(H,14,16,17). The van der Waals surface area contributed by atoms with Gasteiger partial charge in [0.15, 0.2) is 0 Å². The molecule has 2 aromatic heterocycles. The zero-order valence-corrected chi connectivity index (χ0v) is 9.38. The number of hydrogen-bond donors (Lipinski definition) is 1. The Kier molecular flexibility index (Phi) is 2.93. The van der Waals surface area contributed by atoms with Gasteiger partial charge in [0.1, 0.15) is 11.6 Å². The van der Waals surface area contributed by atoms with Crippen molar-refractivity contribution in [2.75, 3.05) is 7.11 Å². The first kappa shape index (κ1) is 11.6. The molecule has 2 heterocycles. The first-order valence-electron chi connectivity index (χ1n) is 4.92. The number of aromatic amines is 1. The fourth-order valence-corrected chi connectivity index (χ4v) is 1.38. The molecule has 18 heavy (non-hydrogen) atoms. The smallest absolute Gasteiger partial charge is 0.333 e. The molecule has 0 radical (unpaired) electrons. The zero-order chi connectivity index (χ0) is 13.1. The Morgan fingerprint density at radius 1 is 1.44 bits per heavy atom. The van der Waals surface area contributed by atoms with E-state index in [-0.39, 0.29) is 5.56 Å². The van der Waals surface area contributed by atoms with E-state index < -0.39 is 11.2 Å². The van der Waals surface area contributed by atoms with Crippen molar-refractivity contribution in [3.8, 4) is 17.6 Å². The maximum absolute atomic E-state index is 11.6. The number of nitrogens with zero attached hydrogens (tertiary/aromatic N) is 3. The molecular weight excluding hydrogens is 236 g/mol. The molecule has 0 aliphatic carbocycles. The summed E-state index contributed by atoms with van der Waals surface area (Å²) in [5.41, 5.74) is -1.06. The largest absolute Gasteiger partial charge is 0.481 e. The number of pyridine rings is 1. The van der Waals surface area contributed by atoms with Gasteiger partial charge in [-0.1, -0.05) is 0 Å². The number of methoxy groups -OCH3 is 1. The molecule has 2 aromatic rings. The molecule has 0 saturated carbocycles. The van der Waals surface area contributed by atoms with Gasteiger partial charge in [0.25, 0.3) is 5.56 Å². The van der Waals surface area contributed by atoms with E-state index in [0.717, 1.165) is 4.57 Å². The lowest BCUT2D eigenvalue weighted by Crippen LogP contribution is -2.30. The molecule has 0 aromatic carbocycles. The second-order valence-corrected chi connectivity index (χ2v) is 3.34. The summed E-state index contributed by atoms with van der Waals surface area (Å²) in [6.45, 7) is 0. The summed E-state index contributed by atoms with van der Waals surface area (Å²) >= 11 is 0. The van der Waals surface area contributed by atoms with Gasteiger partial charge in [-0.15, -0.1) is 0 Å². The molecular formula is C11H8N4O3. The Morgan fingerprint density at radius 3 is 2.78 bits per heavy atom. The number of ether oxygens (including phenoxy) is 1. The fraction of sp³-hybridized carbons (Fsp3) is 0.0909. The number of nitrogens with one attached hydrogen (secondary N) is 1. The molecule has 0 unspecified atom stereocenters. The third-order valence-corrected chi connectivity index (χ3v) is 2.27. The lowest BCUT2D eigenvalue weighted by Gasteiger charge is -2.05. The van der Waals surface area contributed by atoms with E-state index in [0.29, 0.717) is 11.6 Å².